The highest BCUT2D eigenvalue weighted by atomic mass is 32.2. The average Bonchev–Trinajstić information content (AvgIpc) is 2.68. The molecule has 0 aromatic heterocycles. The largest absolute Gasteiger partial charge is 0.359 e. The van der Waals surface area contributed by atoms with E-state index in [-0.39, 0.29) is 5.25 Å². The van der Waals surface area contributed by atoms with E-state index in [2.05, 4.69) is 17.2 Å². The van der Waals surface area contributed by atoms with Crippen LogP contribution in [0.5, 0.6) is 0 Å². The number of hydrogen-bond donors (Lipinski definition) is 1. The predicted molar refractivity (Wildman–Crippen MR) is 81.8 cm³/mol. The third-order valence-electron chi connectivity index (χ3n) is 4.01. The van der Waals surface area contributed by atoms with Crippen LogP contribution in [0.2, 0.25) is 0 Å². The van der Waals surface area contributed by atoms with Crippen LogP contribution in [0.1, 0.15) is 39.5 Å². The molecule has 1 saturated carbocycles. The van der Waals surface area contributed by atoms with Crippen molar-refractivity contribution in [1.82, 2.24) is 5.32 Å². The number of amidine groups is 1. The van der Waals surface area contributed by atoms with Crippen LogP contribution in [0.4, 0.5) is 0 Å². The molecule has 0 aromatic rings. The molecule has 4 atom stereocenters. The van der Waals surface area contributed by atoms with E-state index in [0.29, 0.717) is 12.1 Å². The van der Waals surface area contributed by atoms with Crippen molar-refractivity contribution in [2.24, 2.45) is 10.9 Å². The van der Waals surface area contributed by atoms with Crippen LogP contribution in [0, 0.1) is 5.92 Å². The van der Waals surface area contributed by atoms with Gasteiger partial charge in [-0.05, 0) is 25.7 Å². The summed E-state index contributed by atoms with van der Waals surface area (Å²) in [5, 5.41) is 4.87. The second kappa shape index (κ2) is 5.95. The normalized spacial score (nSPS) is 37.7. The minimum absolute atomic E-state index is 0.154. The summed E-state index contributed by atoms with van der Waals surface area (Å²) in [6, 6.07) is 0. The third kappa shape index (κ3) is 3.50. The maximum atomic E-state index is 11.3. The molecule has 5 heteroatoms. The highest BCUT2D eigenvalue weighted by Crippen LogP contribution is 2.38. The molecule has 2 fully saturated rings. The van der Waals surface area contributed by atoms with E-state index in [1.807, 2.05) is 18.7 Å². The van der Waals surface area contributed by atoms with Gasteiger partial charge in [-0.15, -0.1) is 0 Å². The SMILES string of the molecule is CC1CCCC2(CSC(=NCC(C)S(C)=O)N2)C1. The number of thioether (sulfide) groups is 1. The summed E-state index contributed by atoms with van der Waals surface area (Å²) in [6.45, 7) is 5.02. The Bertz CT molecular complexity index is 359. The number of nitrogens with zero attached hydrogens (tertiary/aromatic N) is 1. The number of aliphatic imine (C=N–C) groups is 1. The van der Waals surface area contributed by atoms with Crippen LogP contribution in [-0.2, 0) is 10.8 Å². The summed E-state index contributed by atoms with van der Waals surface area (Å²) < 4.78 is 11.3. The first kappa shape index (κ1) is 14.4. The lowest BCUT2D eigenvalue weighted by Gasteiger charge is -2.36. The van der Waals surface area contributed by atoms with Crippen molar-refractivity contribution < 1.29 is 4.21 Å². The molecule has 1 aliphatic carbocycles. The standard InChI is InChI=1S/C13H24N2OS2/c1-10-5-4-6-13(7-10)9-17-12(15-13)14-8-11(2)18(3)16/h10-11H,4-9H2,1-3H3,(H,14,15). The molecular formula is C13H24N2OS2. The Labute approximate surface area is 117 Å². The lowest BCUT2D eigenvalue weighted by Crippen LogP contribution is -2.47. The lowest BCUT2D eigenvalue weighted by atomic mass is 9.78. The second-order valence-electron chi connectivity index (χ2n) is 5.85. The van der Waals surface area contributed by atoms with Crippen molar-refractivity contribution in [2.45, 2.75) is 50.3 Å². The second-order valence-corrected chi connectivity index (χ2v) is 8.62. The van der Waals surface area contributed by atoms with Gasteiger partial charge in [0.25, 0.3) is 0 Å². The third-order valence-corrected chi connectivity index (χ3v) is 6.49. The Morgan fingerprint density at radius 1 is 1.67 bits per heavy atom. The van der Waals surface area contributed by atoms with Crippen molar-refractivity contribution in [3.8, 4) is 0 Å². The quantitative estimate of drug-likeness (QED) is 0.867. The van der Waals surface area contributed by atoms with Crippen LogP contribution in [0.3, 0.4) is 0 Å². The van der Waals surface area contributed by atoms with E-state index in [4.69, 9.17) is 0 Å². The van der Waals surface area contributed by atoms with Gasteiger partial charge in [0.05, 0.1) is 11.8 Å². The fourth-order valence-electron chi connectivity index (χ4n) is 2.81. The molecule has 3 nitrogen and oxygen atoms in total. The molecule has 0 aromatic carbocycles. The molecule has 18 heavy (non-hydrogen) atoms. The van der Waals surface area contributed by atoms with Crippen LogP contribution in [-0.4, -0.2) is 38.7 Å². The minimum Gasteiger partial charge on any atom is -0.359 e. The highest BCUT2D eigenvalue weighted by molar-refractivity contribution is 8.14. The Kier molecular flexibility index (Phi) is 4.75. The summed E-state index contributed by atoms with van der Waals surface area (Å²) in [4.78, 5) is 4.59. The monoisotopic (exact) mass is 288 g/mol. The van der Waals surface area contributed by atoms with Gasteiger partial charge in [-0.3, -0.25) is 9.20 Å². The van der Waals surface area contributed by atoms with Crippen molar-refractivity contribution >= 4 is 27.7 Å². The Balaban J connectivity index is 1.91. The first-order valence-corrected chi connectivity index (χ1v) is 9.39. The molecular weight excluding hydrogens is 264 g/mol. The maximum Gasteiger partial charge on any atom is 0.157 e. The molecule has 104 valence electrons. The van der Waals surface area contributed by atoms with E-state index in [1.165, 1.54) is 25.7 Å². The van der Waals surface area contributed by atoms with Crippen molar-refractivity contribution in [3.63, 3.8) is 0 Å². The van der Waals surface area contributed by atoms with Gasteiger partial charge in [0.2, 0.25) is 0 Å². The topological polar surface area (TPSA) is 41.5 Å². The van der Waals surface area contributed by atoms with Crippen LogP contribution < -0.4 is 5.32 Å². The summed E-state index contributed by atoms with van der Waals surface area (Å²) in [6.07, 6.45) is 7.00. The van der Waals surface area contributed by atoms with E-state index in [1.54, 1.807) is 6.26 Å². The van der Waals surface area contributed by atoms with Gasteiger partial charge in [0.1, 0.15) is 0 Å². The van der Waals surface area contributed by atoms with Gasteiger partial charge in [0, 0.05) is 28.3 Å². The fourth-order valence-corrected chi connectivity index (χ4v) is 4.30. The average molecular weight is 288 g/mol. The molecule has 0 amide bonds. The van der Waals surface area contributed by atoms with E-state index < -0.39 is 10.8 Å². The van der Waals surface area contributed by atoms with Gasteiger partial charge in [-0.25, -0.2) is 0 Å². The van der Waals surface area contributed by atoms with Gasteiger partial charge in [-0.1, -0.05) is 31.5 Å². The Hall–Kier alpha value is -0.0300. The molecule has 0 bridgehead atoms. The fraction of sp³-hybridized carbons (Fsp3) is 0.923. The lowest BCUT2D eigenvalue weighted by molar-refractivity contribution is 0.242. The van der Waals surface area contributed by atoms with Crippen LogP contribution >= 0.6 is 11.8 Å². The van der Waals surface area contributed by atoms with Gasteiger partial charge < -0.3 is 5.32 Å². The van der Waals surface area contributed by atoms with Gasteiger partial charge in [-0.2, -0.15) is 0 Å². The molecule has 4 unspecified atom stereocenters. The zero-order valence-electron chi connectivity index (χ0n) is 11.6. The number of nitrogens with one attached hydrogen (secondary N) is 1. The van der Waals surface area contributed by atoms with Crippen LogP contribution in [0.25, 0.3) is 0 Å². The zero-order valence-corrected chi connectivity index (χ0v) is 13.2. The highest BCUT2D eigenvalue weighted by Gasteiger charge is 2.40. The number of hydrogen-bond acceptors (Lipinski definition) is 3. The first-order valence-electron chi connectivity index (χ1n) is 6.78. The molecule has 1 aliphatic heterocycles. The molecule has 1 N–H and O–H groups in total. The molecule has 0 radical (unpaired) electrons. The summed E-state index contributed by atoms with van der Waals surface area (Å²) >= 11 is 1.84. The summed E-state index contributed by atoms with van der Waals surface area (Å²) in [5.74, 6) is 1.98. The van der Waals surface area contributed by atoms with E-state index >= 15 is 0 Å². The zero-order chi connectivity index (χ0) is 13.2. The van der Waals surface area contributed by atoms with Crippen LogP contribution in [0.15, 0.2) is 4.99 Å². The van der Waals surface area contributed by atoms with E-state index in [0.717, 1.165) is 16.8 Å². The first-order chi connectivity index (χ1) is 8.51. The Morgan fingerprint density at radius 3 is 3.11 bits per heavy atom. The van der Waals surface area contributed by atoms with Crippen molar-refractivity contribution in [1.29, 1.82) is 0 Å². The minimum atomic E-state index is -0.773. The van der Waals surface area contributed by atoms with Crippen molar-refractivity contribution in [2.75, 3.05) is 18.6 Å². The molecule has 1 saturated heterocycles. The predicted octanol–water partition coefficient (Wildman–Crippen LogP) is 2.39. The molecule has 1 spiro atoms. The van der Waals surface area contributed by atoms with E-state index in [9.17, 15) is 4.21 Å². The smallest absolute Gasteiger partial charge is 0.157 e. The molecule has 2 aliphatic rings. The van der Waals surface area contributed by atoms with Gasteiger partial charge in [0.15, 0.2) is 5.17 Å². The van der Waals surface area contributed by atoms with Gasteiger partial charge >= 0.3 is 0 Å². The summed E-state index contributed by atoms with van der Waals surface area (Å²) in [7, 11) is -0.773. The van der Waals surface area contributed by atoms with Crippen molar-refractivity contribution in [3.05, 3.63) is 0 Å². The molecule has 1 heterocycles. The Morgan fingerprint density at radius 2 is 2.44 bits per heavy atom. The molecule has 2 rings (SSSR count). The maximum absolute atomic E-state index is 11.3. The number of rotatable bonds is 3. The summed E-state index contributed by atoms with van der Waals surface area (Å²) in [5.41, 5.74) is 0.301.